The van der Waals surface area contributed by atoms with Gasteiger partial charge in [0.15, 0.2) is 5.22 Å². The van der Waals surface area contributed by atoms with Crippen LogP contribution in [0.3, 0.4) is 0 Å². The normalized spacial score (nSPS) is 11.1. The minimum absolute atomic E-state index is 0.505. The van der Waals surface area contributed by atoms with Crippen LogP contribution >= 0.6 is 11.6 Å². The molecule has 16 heavy (non-hydrogen) atoms. The van der Waals surface area contributed by atoms with E-state index in [2.05, 4.69) is 12.2 Å². The van der Waals surface area contributed by atoms with Crippen molar-refractivity contribution in [3.8, 4) is 0 Å². The summed E-state index contributed by atoms with van der Waals surface area (Å²) in [6, 6.07) is 7.94. The summed E-state index contributed by atoms with van der Waals surface area (Å²) in [6.07, 6.45) is 2.39. The molecule has 0 saturated heterocycles. The Kier molecular flexibility index (Phi) is 3.86. The van der Waals surface area contributed by atoms with Crippen molar-refractivity contribution in [2.75, 3.05) is 6.54 Å². The van der Waals surface area contributed by atoms with Crippen LogP contribution in [0.1, 0.15) is 25.3 Å². The molecule has 0 radical (unpaired) electrons. The van der Waals surface area contributed by atoms with Crippen molar-refractivity contribution in [1.29, 1.82) is 0 Å². The van der Waals surface area contributed by atoms with Crippen LogP contribution in [0.5, 0.6) is 0 Å². The molecule has 0 aliphatic carbocycles. The van der Waals surface area contributed by atoms with Crippen molar-refractivity contribution in [3.63, 3.8) is 0 Å². The van der Waals surface area contributed by atoms with E-state index in [9.17, 15) is 0 Å². The highest BCUT2D eigenvalue weighted by Crippen LogP contribution is 2.29. The zero-order chi connectivity index (χ0) is 11.4. The Hall–Kier alpha value is -0.990. The number of hydrogen-bond donors (Lipinski definition) is 1. The maximum atomic E-state index is 6.07. The van der Waals surface area contributed by atoms with Gasteiger partial charge in [0, 0.05) is 17.5 Å². The number of hydrogen-bond acceptors (Lipinski definition) is 2. The molecule has 0 amide bonds. The third kappa shape index (κ3) is 2.39. The van der Waals surface area contributed by atoms with Crippen molar-refractivity contribution in [1.82, 2.24) is 5.32 Å². The van der Waals surface area contributed by atoms with Crippen molar-refractivity contribution < 1.29 is 4.42 Å². The van der Waals surface area contributed by atoms with E-state index in [1.165, 1.54) is 12.8 Å². The molecule has 0 spiro atoms. The molecule has 0 aliphatic heterocycles. The van der Waals surface area contributed by atoms with E-state index >= 15 is 0 Å². The van der Waals surface area contributed by atoms with Gasteiger partial charge < -0.3 is 9.73 Å². The quantitative estimate of drug-likeness (QED) is 0.796. The van der Waals surface area contributed by atoms with Crippen LogP contribution in [0, 0.1) is 0 Å². The van der Waals surface area contributed by atoms with Gasteiger partial charge in [-0.1, -0.05) is 31.5 Å². The van der Waals surface area contributed by atoms with E-state index in [0.717, 1.165) is 29.6 Å². The Bertz CT molecular complexity index is 464. The number of furan rings is 1. The standard InChI is InChI=1S/C13H16ClNO/c1-2-3-8-15-9-11-10-6-4-5-7-12(10)16-13(11)14/h4-7,15H,2-3,8-9H2,1H3. The summed E-state index contributed by atoms with van der Waals surface area (Å²) in [7, 11) is 0. The van der Waals surface area contributed by atoms with Crippen LogP contribution < -0.4 is 5.32 Å². The summed E-state index contributed by atoms with van der Waals surface area (Å²) in [5.74, 6) is 0. The molecule has 0 unspecified atom stereocenters. The molecule has 0 fully saturated rings. The van der Waals surface area contributed by atoms with Crippen LogP contribution in [-0.4, -0.2) is 6.54 Å². The predicted octanol–water partition coefficient (Wildman–Crippen LogP) is 3.98. The first-order valence-corrected chi connectivity index (χ1v) is 6.07. The second-order valence-corrected chi connectivity index (χ2v) is 4.22. The topological polar surface area (TPSA) is 25.2 Å². The minimum atomic E-state index is 0.505. The number of unbranched alkanes of at least 4 members (excludes halogenated alkanes) is 1. The van der Waals surface area contributed by atoms with E-state index in [-0.39, 0.29) is 0 Å². The maximum Gasteiger partial charge on any atom is 0.199 e. The van der Waals surface area contributed by atoms with Crippen molar-refractivity contribution in [3.05, 3.63) is 35.0 Å². The lowest BCUT2D eigenvalue weighted by atomic mass is 10.2. The highest BCUT2D eigenvalue weighted by Gasteiger charge is 2.10. The molecule has 2 nitrogen and oxygen atoms in total. The molecule has 86 valence electrons. The molecule has 0 bridgehead atoms. The molecule has 0 aliphatic rings. The molecular weight excluding hydrogens is 222 g/mol. The molecule has 0 atom stereocenters. The van der Waals surface area contributed by atoms with Crippen molar-refractivity contribution in [2.24, 2.45) is 0 Å². The van der Waals surface area contributed by atoms with E-state index in [4.69, 9.17) is 16.0 Å². The zero-order valence-corrected chi connectivity index (χ0v) is 10.2. The molecule has 1 aromatic carbocycles. The number of fused-ring (bicyclic) bond motifs is 1. The number of nitrogens with one attached hydrogen (secondary N) is 1. The van der Waals surface area contributed by atoms with Crippen LogP contribution in [-0.2, 0) is 6.54 Å². The third-order valence-electron chi connectivity index (χ3n) is 2.66. The zero-order valence-electron chi connectivity index (χ0n) is 9.42. The first-order valence-electron chi connectivity index (χ1n) is 5.69. The van der Waals surface area contributed by atoms with Gasteiger partial charge in [-0.15, -0.1) is 0 Å². The third-order valence-corrected chi connectivity index (χ3v) is 2.96. The molecule has 2 rings (SSSR count). The van der Waals surface area contributed by atoms with Crippen molar-refractivity contribution >= 4 is 22.6 Å². The Morgan fingerprint density at radius 3 is 2.94 bits per heavy atom. The summed E-state index contributed by atoms with van der Waals surface area (Å²) in [4.78, 5) is 0. The monoisotopic (exact) mass is 237 g/mol. The minimum Gasteiger partial charge on any atom is -0.444 e. The highest BCUT2D eigenvalue weighted by atomic mass is 35.5. The van der Waals surface area contributed by atoms with Gasteiger partial charge in [-0.3, -0.25) is 0 Å². The Labute approximate surface area is 101 Å². The van der Waals surface area contributed by atoms with Gasteiger partial charge in [0.2, 0.25) is 0 Å². The average Bonchev–Trinajstić information content (AvgIpc) is 2.61. The summed E-state index contributed by atoms with van der Waals surface area (Å²) in [6.45, 7) is 3.98. The first kappa shape index (κ1) is 11.5. The van der Waals surface area contributed by atoms with E-state index in [0.29, 0.717) is 5.22 Å². The number of benzene rings is 1. The molecule has 1 N–H and O–H groups in total. The van der Waals surface area contributed by atoms with Gasteiger partial charge in [-0.25, -0.2) is 0 Å². The van der Waals surface area contributed by atoms with Crippen LogP contribution in [0.15, 0.2) is 28.7 Å². The Balaban J connectivity index is 2.13. The number of halogens is 1. The van der Waals surface area contributed by atoms with Gasteiger partial charge in [0.05, 0.1) is 0 Å². The predicted molar refractivity (Wildman–Crippen MR) is 67.8 cm³/mol. The Morgan fingerprint density at radius 2 is 2.12 bits per heavy atom. The fourth-order valence-electron chi connectivity index (χ4n) is 1.75. The van der Waals surface area contributed by atoms with Crippen LogP contribution in [0.4, 0.5) is 0 Å². The van der Waals surface area contributed by atoms with Gasteiger partial charge in [0.25, 0.3) is 0 Å². The lowest BCUT2D eigenvalue weighted by Crippen LogP contribution is -2.14. The molecule has 1 heterocycles. The summed E-state index contributed by atoms with van der Waals surface area (Å²) >= 11 is 6.07. The van der Waals surface area contributed by atoms with Gasteiger partial charge >= 0.3 is 0 Å². The largest absolute Gasteiger partial charge is 0.444 e. The van der Waals surface area contributed by atoms with Crippen LogP contribution in [0.25, 0.3) is 11.0 Å². The first-order chi connectivity index (χ1) is 7.83. The van der Waals surface area contributed by atoms with Gasteiger partial charge in [-0.2, -0.15) is 0 Å². The average molecular weight is 238 g/mol. The fourth-order valence-corrected chi connectivity index (χ4v) is 2.00. The van der Waals surface area contributed by atoms with E-state index in [1.807, 2.05) is 24.3 Å². The summed E-state index contributed by atoms with van der Waals surface area (Å²) < 4.78 is 5.48. The maximum absolute atomic E-state index is 6.07. The Morgan fingerprint density at radius 1 is 1.31 bits per heavy atom. The summed E-state index contributed by atoms with van der Waals surface area (Å²) in [5.41, 5.74) is 1.92. The van der Waals surface area contributed by atoms with Gasteiger partial charge in [-0.05, 0) is 30.6 Å². The van der Waals surface area contributed by atoms with Crippen molar-refractivity contribution in [2.45, 2.75) is 26.3 Å². The van der Waals surface area contributed by atoms with Crippen LogP contribution in [0.2, 0.25) is 5.22 Å². The number of para-hydroxylation sites is 1. The van der Waals surface area contributed by atoms with E-state index < -0.39 is 0 Å². The molecular formula is C13H16ClNO. The lowest BCUT2D eigenvalue weighted by molar-refractivity contribution is 0.598. The molecule has 3 heteroatoms. The highest BCUT2D eigenvalue weighted by molar-refractivity contribution is 6.30. The molecule has 0 saturated carbocycles. The lowest BCUT2D eigenvalue weighted by Gasteiger charge is -2.02. The smallest absolute Gasteiger partial charge is 0.199 e. The summed E-state index contributed by atoms with van der Waals surface area (Å²) in [5, 5.41) is 4.99. The second kappa shape index (κ2) is 5.37. The second-order valence-electron chi connectivity index (χ2n) is 3.88. The number of rotatable bonds is 5. The molecule has 2 aromatic rings. The molecule has 1 aromatic heterocycles. The fraction of sp³-hybridized carbons (Fsp3) is 0.385. The van der Waals surface area contributed by atoms with E-state index in [1.54, 1.807) is 0 Å². The SMILES string of the molecule is CCCCNCc1c(Cl)oc2ccccc12. The van der Waals surface area contributed by atoms with Gasteiger partial charge in [0.1, 0.15) is 5.58 Å².